The van der Waals surface area contributed by atoms with Crippen molar-refractivity contribution in [3.05, 3.63) is 33.0 Å². The van der Waals surface area contributed by atoms with Gasteiger partial charge in [-0.15, -0.1) is 0 Å². The summed E-state index contributed by atoms with van der Waals surface area (Å²) in [5, 5.41) is 0.568. The van der Waals surface area contributed by atoms with Crippen LogP contribution in [0.25, 0.3) is 0 Å². The Labute approximate surface area is 121 Å². The lowest BCUT2D eigenvalue weighted by Gasteiger charge is -2.34. The van der Waals surface area contributed by atoms with Crippen LogP contribution in [0.5, 0.6) is 0 Å². The van der Waals surface area contributed by atoms with Crippen LogP contribution in [0.2, 0.25) is 5.02 Å². The SMILES string of the molecule is CCN1CCN(Cc2cc(Cl)c(Br)cc2F)CC1. The Morgan fingerprint density at radius 1 is 1.22 bits per heavy atom. The van der Waals surface area contributed by atoms with Crippen LogP contribution in [-0.2, 0) is 6.54 Å². The van der Waals surface area contributed by atoms with Gasteiger partial charge in [0.15, 0.2) is 0 Å². The van der Waals surface area contributed by atoms with E-state index in [1.807, 2.05) is 0 Å². The van der Waals surface area contributed by atoms with Gasteiger partial charge in [0, 0.05) is 42.8 Å². The molecule has 0 N–H and O–H groups in total. The topological polar surface area (TPSA) is 6.48 Å². The van der Waals surface area contributed by atoms with E-state index in [2.05, 4.69) is 32.7 Å². The molecule has 0 radical (unpaired) electrons. The Morgan fingerprint density at radius 2 is 1.83 bits per heavy atom. The summed E-state index contributed by atoms with van der Waals surface area (Å²) in [6.45, 7) is 7.99. The van der Waals surface area contributed by atoms with Gasteiger partial charge >= 0.3 is 0 Å². The van der Waals surface area contributed by atoms with E-state index in [4.69, 9.17) is 11.6 Å². The lowest BCUT2D eigenvalue weighted by molar-refractivity contribution is 0.131. The van der Waals surface area contributed by atoms with Crippen molar-refractivity contribution in [2.24, 2.45) is 0 Å². The Morgan fingerprint density at radius 3 is 2.44 bits per heavy atom. The highest BCUT2D eigenvalue weighted by Crippen LogP contribution is 2.26. The molecular formula is C13H17BrClFN2. The summed E-state index contributed by atoms with van der Waals surface area (Å²) in [6, 6.07) is 3.16. The van der Waals surface area contributed by atoms with Crippen molar-refractivity contribution < 1.29 is 4.39 Å². The van der Waals surface area contributed by atoms with Crippen LogP contribution in [0, 0.1) is 5.82 Å². The molecule has 1 aromatic carbocycles. The summed E-state index contributed by atoms with van der Waals surface area (Å²) in [5.41, 5.74) is 0.674. The highest BCUT2D eigenvalue weighted by atomic mass is 79.9. The van der Waals surface area contributed by atoms with Gasteiger partial charge in [-0.1, -0.05) is 18.5 Å². The predicted molar refractivity (Wildman–Crippen MR) is 76.5 cm³/mol. The van der Waals surface area contributed by atoms with Crippen molar-refractivity contribution in [3.63, 3.8) is 0 Å². The van der Waals surface area contributed by atoms with Crippen molar-refractivity contribution in [2.45, 2.75) is 13.5 Å². The minimum absolute atomic E-state index is 0.191. The molecule has 2 nitrogen and oxygen atoms in total. The fourth-order valence-electron chi connectivity index (χ4n) is 2.19. The molecule has 5 heteroatoms. The molecule has 0 spiro atoms. The van der Waals surface area contributed by atoms with Gasteiger partial charge in [0.25, 0.3) is 0 Å². The van der Waals surface area contributed by atoms with Crippen LogP contribution >= 0.6 is 27.5 Å². The molecule has 1 aliphatic rings. The van der Waals surface area contributed by atoms with E-state index in [9.17, 15) is 4.39 Å². The largest absolute Gasteiger partial charge is 0.301 e. The van der Waals surface area contributed by atoms with E-state index in [1.54, 1.807) is 6.07 Å². The summed E-state index contributed by atoms with van der Waals surface area (Å²) in [4.78, 5) is 4.68. The lowest BCUT2D eigenvalue weighted by atomic mass is 10.2. The first-order valence-corrected chi connectivity index (χ1v) is 7.35. The highest BCUT2D eigenvalue weighted by Gasteiger charge is 2.17. The Hall–Kier alpha value is -0.160. The van der Waals surface area contributed by atoms with Gasteiger partial charge in [0.1, 0.15) is 5.82 Å². The van der Waals surface area contributed by atoms with E-state index in [1.165, 1.54) is 6.07 Å². The number of benzene rings is 1. The third-order valence-corrected chi connectivity index (χ3v) is 4.59. The minimum atomic E-state index is -0.191. The normalized spacial score (nSPS) is 18.2. The summed E-state index contributed by atoms with van der Waals surface area (Å²) in [7, 11) is 0. The van der Waals surface area contributed by atoms with Crippen LogP contribution in [-0.4, -0.2) is 42.5 Å². The van der Waals surface area contributed by atoms with Gasteiger partial charge in [0.05, 0.1) is 5.02 Å². The summed E-state index contributed by atoms with van der Waals surface area (Å²) < 4.78 is 14.4. The van der Waals surface area contributed by atoms with Gasteiger partial charge < -0.3 is 4.90 Å². The van der Waals surface area contributed by atoms with Crippen LogP contribution in [0.15, 0.2) is 16.6 Å². The molecule has 0 bridgehead atoms. The first-order valence-electron chi connectivity index (χ1n) is 6.18. The molecule has 0 saturated carbocycles. The van der Waals surface area contributed by atoms with Crippen LogP contribution < -0.4 is 0 Å². The third kappa shape index (κ3) is 3.44. The Bertz CT molecular complexity index is 420. The van der Waals surface area contributed by atoms with Gasteiger partial charge in [-0.3, -0.25) is 4.90 Å². The van der Waals surface area contributed by atoms with E-state index in [0.29, 0.717) is 21.6 Å². The average Bonchev–Trinajstić information content (AvgIpc) is 2.37. The molecule has 0 aliphatic carbocycles. The summed E-state index contributed by atoms with van der Waals surface area (Å²) in [6.07, 6.45) is 0. The molecule has 2 rings (SSSR count). The second kappa shape index (κ2) is 6.33. The van der Waals surface area contributed by atoms with Crippen LogP contribution in [0.3, 0.4) is 0 Å². The molecule has 0 aromatic heterocycles. The van der Waals surface area contributed by atoms with E-state index >= 15 is 0 Å². The summed E-state index contributed by atoms with van der Waals surface area (Å²) in [5.74, 6) is -0.191. The van der Waals surface area contributed by atoms with Crippen molar-refractivity contribution in [1.29, 1.82) is 0 Å². The molecule has 1 heterocycles. The van der Waals surface area contributed by atoms with Crippen LogP contribution in [0.1, 0.15) is 12.5 Å². The molecule has 0 amide bonds. The third-order valence-electron chi connectivity index (χ3n) is 3.40. The maximum Gasteiger partial charge on any atom is 0.128 e. The second-order valence-corrected chi connectivity index (χ2v) is 5.83. The number of likely N-dealkylation sites (N-methyl/N-ethyl adjacent to an activating group) is 1. The molecule has 1 aromatic rings. The van der Waals surface area contributed by atoms with Gasteiger partial charge in [-0.05, 0) is 34.6 Å². The zero-order valence-electron chi connectivity index (χ0n) is 10.4. The summed E-state index contributed by atoms with van der Waals surface area (Å²) >= 11 is 9.24. The van der Waals surface area contributed by atoms with E-state index in [-0.39, 0.29) is 5.82 Å². The Balaban J connectivity index is 2.00. The lowest BCUT2D eigenvalue weighted by Crippen LogP contribution is -2.45. The maximum atomic E-state index is 13.8. The van der Waals surface area contributed by atoms with Gasteiger partial charge in [0.2, 0.25) is 0 Å². The van der Waals surface area contributed by atoms with E-state index in [0.717, 1.165) is 32.7 Å². The zero-order valence-corrected chi connectivity index (χ0v) is 12.8. The van der Waals surface area contributed by atoms with Gasteiger partial charge in [-0.2, -0.15) is 0 Å². The number of hydrogen-bond donors (Lipinski definition) is 0. The molecule has 1 fully saturated rings. The molecular weight excluding hydrogens is 319 g/mol. The molecule has 1 saturated heterocycles. The molecule has 1 aliphatic heterocycles. The Kier molecular flexibility index (Phi) is 5.01. The smallest absolute Gasteiger partial charge is 0.128 e. The van der Waals surface area contributed by atoms with Crippen molar-refractivity contribution >= 4 is 27.5 Å². The monoisotopic (exact) mass is 334 g/mol. The average molecular weight is 336 g/mol. The number of rotatable bonds is 3. The van der Waals surface area contributed by atoms with E-state index < -0.39 is 0 Å². The maximum absolute atomic E-state index is 13.8. The van der Waals surface area contributed by atoms with Crippen molar-refractivity contribution in [3.8, 4) is 0 Å². The first kappa shape index (κ1) is 14.3. The highest BCUT2D eigenvalue weighted by molar-refractivity contribution is 9.10. The molecule has 0 unspecified atom stereocenters. The number of halogens is 3. The molecule has 18 heavy (non-hydrogen) atoms. The first-order chi connectivity index (χ1) is 8.60. The predicted octanol–water partition coefficient (Wildman–Crippen LogP) is 3.38. The second-order valence-electron chi connectivity index (χ2n) is 4.57. The number of nitrogens with zero attached hydrogens (tertiary/aromatic N) is 2. The molecule has 100 valence electrons. The minimum Gasteiger partial charge on any atom is -0.301 e. The quantitative estimate of drug-likeness (QED) is 0.781. The fraction of sp³-hybridized carbons (Fsp3) is 0.538. The number of hydrogen-bond acceptors (Lipinski definition) is 2. The fourth-order valence-corrected chi connectivity index (χ4v) is 2.69. The van der Waals surface area contributed by atoms with Gasteiger partial charge in [-0.25, -0.2) is 4.39 Å². The van der Waals surface area contributed by atoms with Crippen molar-refractivity contribution in [1.82, 2.24) is 9.80 Å². The zero-order chi connectivity index (χ0) is 13.1. The van der Waals surface area contributed by atoms with Crippen LogP contribution in [0.4, 0.5) is 4.39 Å². The molecule has 0 atom stereocenters. The number of piperazine rings is 1. The van der Waals surface area contributed by atoms with Crippen molar-refractivity contribution in [2.75, 3.05) is 32.7 Å². The standard InChI is InChI=1S/C13H17BrClFN2/c1-2-17-3-5-18(6-4-17)9-10-7-12(15)11(14)8-13(10)16/h7-8H,2-6,9H2,1H3.